The Morgan fingerprint density at radius 3 is 1.29 bits per heavy atom. The molecule has 0 bridgehead atoms. The average Bonchev–Trinajstić information content (AvgIpc) is 3.31. The second-order valence-electron chi connectivity index (χ2n) is 20.6. The van der Waals surface area contributed by atoms with Gasteiger partial charge in [-0.25, -0.2) is 0 Å². The highest BCUT2D eigenvalue weighted by Crippen LogP contribution is 2.38. The van der Waals surface area contributed by atoms with Gasteiger partial charge in [-0.1, -0.05) is 254 Å². The van der Waals surface area contributed by atoms with Gasteiger partial charge in [0.15, 0.2) is 0 Å². The number of unbranched alkanes of at least 4 members (excludes halogenated alkanes) is 29. The minimum atomic E-state index is -4.61. The van der Waals surface area contributed by atoms with E-state index in [4.69, 9.17) is 9.05 Å². The zero-order valence-electron chi connectivity index (χ0n) is 45.8. The smallest absolute Gasteiger partial charge is 0.268 e. The highest BCUT2D eigenvalue weighted by molar-refractivity contribution is 7.45. The van der Waals surface area contributed by atoms with Crippen LogP contribution in [-0.2, 0) is 18.4 Å². The fourth-order valence-corrected chi connectivity index (χ4v) is 8.90. The first-order valence-corrected chi connectivity index (χ1v) is 30.3. The lowest BCUT2D eigenvalue weighted by Gasteiger charge is -2.29. The molecule has 0 fully saturated rings. The van der Waals surface area contributed by atoms with E-state index in [1.54, 1.807) is 6.08 Å². The average molecular weight is 988 g/mol. The zero-order valence-corrected chi connectivity index (χ0v) is 46.6. The number of aliphatic hydroxyl groups excluding tert-OH is 1. The molecule has 0 saturated heterocycles. The van der Waals surface area contributed by atoms with Gasteiger partial charge in [-0.2, -0.15) is 0 Å². The standard InChI is InChI=1S/C60H111N2O6P/c1-6-8-10-12-14-16-18-20-22-24-26-28-30-32-33-35-37-39-41-43-45-47-49-51-53-59(63)58(57-68-69(65,66)67-56-55-62(3,4)5)61-60(64)54-52-50-48-46-44-42-40-38-36-34-31-29-27-25-23-21-19-17-15-13-11-9-7-2/h9,11,15,17,21,23,27,29,34,36,51,53,58-59,63H,6-8,10,12-14,16,18-20,22,24-26,28,30-33,35,37-50,52,54-57H2,1-5H3,(H-,61,64,65,66)/b11-9-,17-15-,23-21-,29-27-,36-34-,53-51+. The number of amides is 1. The van der Waals surface area contributed by atoms with Gasteiger partial charge in [-0.05, 0) is 64.2 Å². The summed E-state index contributed by atoms with van der Waals surface area (Å²) in [6.45, 7) is 4.54. The molecule has 2 N–H and O–H groups in total. The molecule has 0 saturated carbocycles. The quantitative estimate of drug-likeness (QED) is 0.0272. The van der Waals surface area contributed by atoms with Crippen molar-refractivity contribution in [1.82, 2.24) is 5.32 Å². The molecular weight excluding hydrogens is 876 g/mol. The van der Waals surface area contributed by atoms with Crippen LogP contribution in [0.5, 0.6) is 0 Å². The predicted octanol–water partition coefficient (Wildman–Crippen LogP) is 16.9. The van der Waals surface area contributed by atoms with Crippen molar-refractivity contribution in [3.63, 3.8) is 0 Å². The first kappa shape index (κ1) is 66.9. The molecule has 0 rings (SSSR count). The number of carbonyl (C=O) groups excluding carboxylic acids is 1. The summed E-state index contributed by atoms with van der Waals surface area (Å²) in [5.74, 6) is -0.209. The second kappa shape index (κ2) is 50.9. The number of hydrogen-bond acceptors (Lipinski definition) is 6. The molecule has 0 aromatic heterocycles. The number of nitrogens with zero attached hydrogens (tertiary/aromatic N) is 1. The number of hydrogen-bond donors (Lipinski definition) is 2. The zero-order chi connectivity index (χ0) is 50.6. The summed E-state index contributed by atoms with van der Waals surface area (Å²) in [4.78, 5) is 25.5. The maximum Gasteiger partial charge on any atom is 0.268 e. The van der Waals surface area contributed by atoms with Crippen LogP contribution in [0.2, 0.25) is 0 Å². The van der Waals surface area contributed by atoms with Crippen LogP contribution in [-0.4, -0.2) is 68.5 Å². The molecule has 0 aliphatic carbocycles. The molecule has 8 nitrogen and oxygen atoms in total. The van der Waals surface area contributed by atoms with Crippen molar-refractivity contribution in [2.45, 2.75) is 264 Å². The molecule has 0 heterocycles. The summed E-state index contributed by atoms with van der Waals surface area (Å²) in [5.41, 5.74) is 0. The number of nitrogens with one attached hydrogen (secondary N) is 1. The largest absolute Gasteiger partial charge is 0.756 e. The number of carbonyl (C=O) groups is 1. The number of likely N-dealkylation sites (N-methyl/N-ethyl adjacent to an activating group) is 1. The Morgan fingerprint density at radius 1 is 0.522 bits per heavy atom. The van der Waals surface area contributed by atoms with Crippen molar-refractivity contribution in [1.29, 1.82) is 0 Å². The van der Waals surface area contributed by atoms with E-state index < -0.39 is 20.0 Å². The van der Waals surface area contributed by atoms with Gasteiger partial charge in [0, 0.05) is 6.42 Å². The third kappa shape index (κ3) is 53.6. The highest BCUT2D eigenvalue weighted by atomic mass is 31.2. The molecule has 3 atom stereocenters. The molecule has 0 aliphatic heterocycles. The second-order valence-corrected chi connectivity index (χ2v) is 22.0. The van der Waals surface area contributed by atoms with Gasteiger partial charge >= 0.3 is 0 Å². The third-order valence-corrected chi connectivity index (χ3v) is 13.6. The molecule has 0 radical (unpaired) electrons. The first-order valence-electron chi connectivity index (χ1n) is 28.8. The fraction of sp³-hybridized carbons (Fsp3) is 0.783. The molecular formula is C60H111N2O6P. The Kier molecular flexibility index (Phi) is 49.3. The minimum absolute atomic E-state index is 0.00635. The van der Waals surface area contributed by atoms with Gasteiger partial charge < -0.3 is 28.8 Å². The number of aliphatic hydroxyl groups is 1. The van der Waals surface area contributed by atoms with Crippen LogP contribution in [0.25, 0.3) is 0 Å². The van der Waals surface area contributed by atoms with E-state index in [1.165, 1.54) is 148 Å². The maximum absolute atomic E-state index is 13.0. The van der Waals surface area contributed by atoms with Crippen molar-refractivity contribution in [3.05, 3.63) is 72.9 Å². The molecule has 9 heteroatoms. The predicted molar refractivity (Wildman–Crippen MR) is 297 cm³/mol. The fourth-order valence-electron chi connectivity index (χ4n) is 8.18. The van der Waals surface area contributed by atoms with Gasteiger partial charge in [0.25, 0.3) is 7.82 Å². The first-order chi connectivity index (χ1) is 33.5. The van der Waals surface area contributed by atoms with Crippen LogP contribution in [0.3, 0.4) is 0 Å². The van der Waals surface area contributed by atoms with Gasteiger partial charge in [-0.3, -0.25) is 9.36 Å². The van der Waals surface area contributed by atoms with Gasteiger partial charge in [0.1, 0.15) is 13.2 Å². The van der Waals surface area contributed by atoms with E-state index in [9.17, 15) is 19.4 Å². The van der Waals surface area contributed by atoms with E-state index in [-0.39, 0.29) is 19.1 Å². The Balaban J connectivity index is 4.26. The normalized spacial score (nSPS) is 14.5. The summed E-state index contributed by atoms with van der Waals surface area (Å²) < 4.78 is 23.4. The van der Waals surface area contributed by atoms with E-state index in [0.29, 0.717) is 17.4 Å². The number of phosphoric acid groups is 1. The lowest BCUT2D eigenvalue weighted by Crippen LogP contribution is -2.45. The topological polar surface area (TPSA) is 108 Å². The van der Waals surface area contributed by atoms with Crippen molar-refractivity contribution in [3.8, 4) is 0 Å². The molecule has 3 unspecified atom stereocenters. The monoisotopic (exact) mass is 987 g/mol. The summed E-state index contributed by atoms with van der Waals surface area (Å²) >= 11 is 0. The molecule has 402 valence electrons. The molecule has 1 amide bonds. The molecule has 0 aromatic carbocycles. The van der Waals surface area contributed by atoms with Crippen LogP contribution >= 0.6 is 7.82 Å². The van der Waals surface area contributed by atoms with Crippen molar-refractivity contribution in [2.75, 3.05) is 40.9 Å². The lowest BCUT2D eigenvalue weighted by molar-refractivity contribution is -0.870. The van der Waals surface area contributed by atoms with Gasteiger partial charge in [-0.15, -0.1) is 0 Å². The SMILES string of the molecule is CC/C=C\C/C=C\C/C=C\C/C=C\C/C=C\CCCCCCCCCC(=O)NC(COP(=O)([O-])OCC[N+](C)(C)C)C(O)/C=C/CCCCCCCCCCCCCCCCCCCCCCCC. The molecule has 0 aromatic rings. The number of phosphoric ester groups is 1. The Bertz CT molecular complexity index is 1350. The van der Waals surface area contributed by atoms with Crippen molar-refractivity contribution in [2.24, 2.45) is 0 Å². The van der Waals surface area contributed by atoms with Crippen molar-refractivity contribution < 1.29 is 32.9 Å². The Morgan fingerprint density at radius 2 is 0.884 bits per heavy atom. The van der Waals surface area contributed by atoms with Crippen molar-refractivity contribution >= 4 is 13.7 Å². The van der Waals surface area contributed by atoms with Crippen LogP contribution < -0.4 is 10.2 Å². The Hall–Kier alpha value is -2.06. The summed E-state index contributed by atoms with van der Waals surface area (Å²) in [5, 5.41) is 13.9. The number of rotatable bonds is 52. The highest BCUT2D eigenvalue weighted by Gasteiger charge is 2.23. The van der Waals surface area contributed by atoms with E-state index >= 15 is 0 Å². The third-order valence-electron chi connectivity index (χ3n) is 12.7. The van der Waals surface area contributed by atoms with E-state index in [2.05, 4.69) is 79.9 Å². The van der Waals surface area contributed by atoms with Gasteiger partial charge in [0.05, 0.1) is 39.9 Å². The van der Waals surface area contributed by atoms with Crippen LogP contribution in [0, 0.1) is 0 Å². The van der Waals surface area contributed by atoms with Crippen LogP contribution in [0.1, 0.15) is 251 Å². The van der Waals surface area contributed by atoms with Crippen LogP contribution in [0.4, 0.5) is 0 Å². The molecule has 0 aliphatic rings. The number of allylic oxidation sites excluding steroid dienone is 11. The summed E-state index contributed by atoms with van der Waals surface area (Å²) in [6, 6.07) is -0.898. The number of quaternary nitrogens is 1. The summed E-state index contributed by atoms with van der Waals surface area (Å²) in [6.07, 6.45) is 69.7. The molecule has 69 heavy (non-hydrogen) atoms. The Labute approximate surface area is 427 Å². The molecule has 0 spiro atoms. The maximum atomic E-state index is 13.0. The van der Waals surface area contributed by atoms with Crippen LogP contribution in [0.15, 0.2) is 72.9 Å². The van der Waals surface area contributed by atoms with E-state index in [0.717, 1.165) is 83.5 Å². The summed E-state index contributed by atoms with van der Waals surface area (Å²) in [7, 11) is 1.25. The lowest BCUT2D eigenvalue weighted by atomic mass is 10.0. The minimum Gasteiger partial charge on any atom is -0.756 e. The van der Waals surface area contributed by atoms with Gasteiger partial charge in [0.2, 0.25) is 5.91 Å². The van der Waals surface area contributed by atoms with E-state index in [1.807, 2.05) is 27.2 Å².